The topological polar surface area (TPSA) is 93.8 Å². The van der Waals surface area contributed by atoms with Gasteiger partial charge in [-0.25, -0.2) is 9.97 Å². The summed E-state index contributed by atoms with van der Waals surface area (Å²) in [7, 11) is 0. The zero-order valence-corrected chi connectivity index (χ0v) is 18.0. The monoisotopic (exact) mass is 439 g/mol. The van der Waals surface area contributed by atoms with Crippen LogP contribution in [0.15, 0.2) is 36.7 Å². The third kappa shape index (κ3) is 4.27. The van der Waals surface area contributed by atoms with Gasteiger partial charge in [0.05, 0.1) is 30.8 Å². The summed E-state index contributed by atoms with van der Waals surface area (Å²) in [4.78, 5) is 26.3. The lowest BCUT2D eigenvalue weighted by atomic mass is 10.0. The van der Waals surface area contributed by atoms with Gasteiger partial charge in [0.15, 0.2) is 0 Å². The minimum Gasteiger partial charge on any atom is -0.378 e. The number of morpholine rings is 2. The number of anilines is 1. The lowest BCUT2D eigenvalue weighted by molar-refractivity contribution is -0.0323. The Morgan fingerprint density at radius 2 is 1.90 bits per heavy atom. The van der Waals surface area contributed by atoms with E-state index < -0.39 is 5.91 Å². The Bertz CT molecular complexity index is 1060. The number of primary amides is 1. The number of benzene rings is 1. The molecule has 8 nitrogen and oxygen atoms in total. The summed E-state index contributed by atoms with van der Waals surface area (Å²) in [6, 6.07) is 8.01. The smallest absolute Gasteiger partial charge is 0.259 e. The molecule has 4 heterocycles. The van der Waals surface area contributed by atoms with E-state index in [1.54, 1.807) is 0 Å². The highest BCUT2D eigenvalue weighted by atomic mass is 32.1. The van der Waals surface area contributed by atoms with E-state index in [9.17, 15) is 4.79 Å². The van der Waals surface area contributed by atoms with Gasteiger partial charge in [0.1, 0.15) is 0 Å². The Labute approximate surface area is 184 Å². The van der Waals surface area contributed by atoms with Gasteiger partial charge >= 0.3 is 0 Å². The van der Waals surface area contributed by atoms with Crippen LogP contribution in [0.4, 0.5) is 5.95 Å². The first-order chi connectivity index (χ1) is 15.2. The molecule has 2 aliphatic rings. The average Bonchev–Trinajstić information content (AvgIpc) is 3.20. The summed E-state index contributed by atoms with van der Waals surface area (Å²) in [6.07, 6.45) is 3.61. The van der Waals surface area contributed by atoms with Crippen LogP contribution in [0.1, 0.15) is 26.9 Å². The number of thiophene rings is 1. The molecular formula is C22H25N5O3S. The predicted molar refractivity (Wildman–Crippen MR) is 119 cm³/mol. The van der Waals surface area contributed by atoms with Crippen molar-refractivity contribution in [2.24, 2.45) is 5.73 Å². The van der Waals surface area contributed by atoms with Crippen molar-refractivity contribution in [2.45, 2.75) is 12.6 Å². The van der Waals surface area contributed by atoms with Crippen LogP contribution < -0.4 is 10.6 Å². The first-order valence-electron chi connectivity index (χ1n) is 10.5. The zero-order valence-electron chi connectivity index (χ0n) is 17.2. The van der Waals surface area contributed by atoms with Gasteiger partial charge in [0, 0.05) is 60.9 Å². The number of carbonyl (C=O) groups excluding carboxylic acids is 1. The van der Waals surface area contributed by atoms with Crippen molar-refractivity contribution in [3.8, 4) is 0 Å². The van der Waals surface area contributed by atoms with Crippen LogP contribution in [-0.2, 0) is 16.0 Å². The largest absolute Gasteiger partial charge is 0.378 e. The van der Waals surface area contributed by atoms with Gasteiger partial charge in [-0.2, -0.15) is 0 Å². The Morgan fingerprint density at radius 1 is 1.13 bits per heavy atom. The lowest BCUT2D eigenvalue weighted by Crippen LogP contribution is -2.38. The first-order valence-corrected chi connectivity index (χ1v) is 11.3. The van der Waals surface area contributed by atoms with Crippen LogP contribution in [0.3, 0.4) is 0 Å². The molecule has 162 valence electrons. The van der Waals surface area contributed by atoms with E-state index in [1.807, 2.05) is 36.7 Å². The number of ether oxygens (including phenoxy) is 2. The van der Waals surface area contributed by atoms with Gasteiger partial charge in [-0.15, -0.1) is 11.3 Å². The average molecular weight is 440 g/mol. The lowest BCUT2D eigenvalue weighted by Gasteiger charge is -2.33. The van der Waals surface area contributed by atoms with Crippen molar-refractivity contribution in [1.29, 1.82) is 0 Å². The number of hydrogen-bond acceptors (Lipinski definition) is 8. The fourth-order valence-electron chi connectivity index (χ4n) is 4.20. The van der Waals surface area contributed by atoms with Crippen LogP contribution in [0, 0.1) is 0 Å². The molecule has 31 heavy (non-hydrogen) atoms. The molecule has 3 aromatic rings. The van der Waals surface area contributed by atoms with Gasteiger partial charge in [0.25, 0.3) is 5.91 Å². The summed E-state index contributed by atoms with van der Waals surface area (Å²) in [5, 5.41) is 1.05. The minimum atomic E-state index is -0.399. The molecule has 0 saturated carbocycles. The van der Waals surface area contributed by atoms with E-state index in [4.69, 9.17) is 15.2 Å². The van der Waals surface area contributed by atoms with Crippen LogP contribution >= 0.6 is 11.3 Å². The maximum absolute atomic E-state index is 12.1. The molecular weight excluding hydrogens is 414 g/mol. The standard InChI is InChI=1S/C22H25N5O3S/c23-21(28)20-19(16-3-1-2-4-18(16)31-20)17-14-26(5-10-30-17)13-15-11-24-22(25-12-15)27-6-8-29-9-7-27/h1-4,11-12,17H,5-10,13-14H2,(H2,23,28)/t17-/m0/s1. The number of amides is 1. The van der Waals surface area contributed by atoms with E-state index in [0.29, 0.717) is 31.2 Å². The Kier molecular flexibility index (Phi) is 5.82. The normalized spacial score (nSPS) is 20.3. The van der Waals surface area contributed by atoms with Gasteiger partial charge in [-0.1, -0.05) is 18.2 Å². The molecule has 1 aromatic carbocycles. The van der Waals surface area contributed by atoms with Crippen molar-refractivity contribution in [3.05, 3.63) is 52.7 Å². The molecule has 1 amide bonds. The van der Waals surface area contributed by atoms with E-state index in [2.05, 4.69) is 19.8 Å². The second kappa shape index (κ2) is 8.88. The maximum atomic E-state index is 12.1. The SMILES string of the molecule is NC(=O)c1sc2ccccc2c1[C@@H]1CN(Cc2cnc(N3CCOCC3)nc2)CCO1. The molecule has 0 aliphatic carbocycles. The van der Waals surface area contributed by atoms with Crippen molar-refractivity contribution in [3.63, 3.8) is 0 Å². The van der Waals surface area contributed by atoms with Crippen LogP contribution in [0.2, 0.25) is 0 Å². The highest BCUT2D eigenvalue weighted by molar-refractivity contribution is 7.21. The van der Waals surface area contributed by atoms with E-state index in [-0.39, 0.29) is 6.10 Å². The molecule has 0 bridgehead atoms. The molecule has 2 saturated heterocycles. The number of nitrogens with two attached hydrogens (primary N) is 1. The zero-order chi connectivity index (χ0) is 21.2. The molecule has 2 fully saturated rings. The van der Waals surface area contributed by atoms with Crippen molar-refractivity contribution in [2.75, 3.05) is 50.9 Å². The fraction of sp³-hybridized carbons (Fsp3) is 0.409. The molecule has 0 unspecified atom stereocenters. The van der Waals surface area contributed by atoms with E-state index >= 15 is 0 Å². The third-order valence-corrected chi connectivity index (χ3v) is 6.92. The highest BCUT2D eigenvalue weighted by Crippen LogP contribution is 2.38. The van der Waals surface area contributed by atoms with Crippen molar-refractivity contribution < 1.29 is 14.3 Å². The molecule has 0 spiro atoms. The fourth-order valence-corrected chi connectivity index (χ4v) is 5.31. The summed E-state index contributed by atoms with van der Waals surface area (Å²) in [6.45, 7) is 5.90. The number of aromatic nitrogens is 2. The Morgan fingerprint density at radius 3 is 2.68 bits per heavy atom. The number of hydrogen-bond donors (Lipinski definition) is 1. The van der Waals surface area contributed by atoms with E-state index in [1.165, 1.54) is 11.3 Å². The Hall–Kier alpha value is -2.59. The van der Waals surface area contributed by atoms with Gasteiger partial charge < -0.3 is 20.1 Å². The molecule has 2 aromatic heterocycles. The third-order valence-electron chi connectivity index (χ3n) is 5.72. The number of rotatable bonds is 5. The molecule has 5 rings (SSSR count). The highest BCUT2D eigenvalue weighted by Gasteiger charge is 2.29. The number of fused-ring (bicyclic) bond motifs is 1. The maximum Gasteiger partial charge on any atom is 0.259 e. The molecule has 2 aliphatic heterocycles. The molecule has 9 heteroatoms. The summed E-state index contributed by atoms with van der Waals surface area (Å²) in [5.41, 5.74) is 7.66. The number of nitrogens with zero attached hydrogens (tertiary/aromatic N) is 4. The second-order valence-corrected chi connectivity index (χ2v) is 8.84. The Balaban J connectivity index is 1.32. The molecule has 2 N–H and O–H groups in total. The van der Waals surface area contributed by atoms with Gasteiger partial charge in [0.2, 0.25) is 5.95 Å². The number of carbonyl (C=O) groups is 1. The van der Waals surface area contributed by atoms with Crippen molar-refractivity contribution >= 4 is 33.3 Å². The first kappa shape index (κ1) is 20.3. The van der Waals surface area contributed by atoms with Crippen molar-refractivity contribution in [1.82, 2.24) is 14.9 Å². The second-order valence-electron chi connectivity index (χ2n) is 7.79. The van der Waals surface area contributed by atoms with Gasteiger partial charge in [-0.3, -0.25) is 9.69 Å². The summed E-state index contributed by atoms with van der Waals surface area (Å²) >= 11 is 1.44. The summed E-state index contributed by atoms with van der Waals surface area (Å²) < 4.78 is 12.5. The van der Waals surface area contributed by atoms with E-state index in [0.717, 1.165) is 53.3 Å². The van der Waals surface area contributed by atoms with Crippen LogP contribution in [0.25, 0.3) is 10.1 Å². The van der Waals surface area contributed by atoms with Gasteiger partial charge in [-0.05, 0) is 11.5 Å². The van der Waals surface area contributed by atoms with Crippen LogP contribution in [-0.4, -0.2) is 66.8 Å². The molecule has 0 radical (unpaired) electrons. The van der Waals surface area contributed by atoms with Crippen LogP contribution in [0.5, 0.6) is 0 Å². The predicted octanol–water partition coefficient (Wildman–Crippen LogP) is 2.20. The minimum absolute atomic E-state index is 0.194. The quantitative estimate of drug-likeness (QED) is 0.651. The molecule has 1 atom stereocenters. The summed E-state index contributed by atoms with van der Waals surface area (Å²) in [5.74, 6) is 0.353.